The van der Waals surface area contributed by atoms with Crippen LogP contribution in [0, 0.1) is 11.8 Å². The summed E-state index contributed by atoms with van der Waals surface area (Å²) < 4.78 is 0. The third kappa shape index (κ3) is 3.23. The molecule has 1 saturated heterocycles. The van der Waals surface area contributed by atoms with E-state index in [9.17, 15) is 0 Å². The standard InChI is InChI=1S/C15H30N2/c1-3-5-13-8-9-17(11-13)15-10-12(4-2)6-7-14(15)16/h12-15H,3-11,16H2,1-2H3. The molecule has 1 saturated carbocycles. The predicted octanol–water partition coefficient (Wildman–Crippen LogP) is 3.01. The van der Waals surface area contributed by atoms with Gasteiger partial charge < -0.3 is 5.73 Å². The number of nitrogens with two attached hydrogens (primary N) is 1. The highest BCUT2D eigenvalue weighted by Crippen LogP contribution is 2.32. The van der Waals surface area contributed by atoms with E-state index in [1.54, 1.807) is 0 Å². The van der Waals surface area contributed by atoms with E-state index < -0.39 is 0 Å². The van der Waals surface area contributed by atoms with Gasteiger partial charge in [0.2, 0.25) is 0 Å². The number of nitrogens with zero attached hydrogens (tertiary/aromatic N) is 1. The van der Waals surface area contributed by atoms with E-state index in [-0.39, 0.29) is 0 Å². The first-order valence-electron chi connectivity index (χ1n) is 7.74. The van der Waals surface area contributed by atoms with Crippen molar-refractivity contribution in [1.29, 1.82) is 0 Å². The Morgan fingerprint density at radius 3 is 2.65 bits per heavy atom. The lowest BCUT2D eigenvalue weighted by Gasteiger charge is -2.39. The summed E-state index contributed by atoms with van der Waals surface area (Å²) in [5.74, 6) is 1.89. The zero-order valence-electron chi connectivity index (χ0n) is 11.7. The average Bonchev–Trinajstić information content (AvgIpc) is 2.79. The summed E-state index contributed by atoms with van der Waals surface area (Å²) in [6, 6.07) is 1.13. The van der Waals surface area contributed by atoms with Crippen molar-refractivity contribution in [2.75, 3.05) is 13.1 Å². The van der Waals surface area contributed by atoms with Gasteiger partial charge in [-0.2, -0.15) is 0 Å². The molecule has 17 heavy (non-hydrogen) atoms. The fourth-order valence-corrected chi connectivity index (χ4v) is 3.85. The Kier molecular flexibility index (Phi) is 4.87. The minimum absolute atomic E-state index is 0.443. The predicted molar refractivity (Wildman–Crippen MR) is 74.0 cm³/mol. The summed E-state index contributed by atoms with van der Waals surface area (Å²) in [5.41, 5.74) is 6.35. The number of hydrogen-bond acceptors (Lipinski definition) is 2. The molecule has 0 amide bonds. The molecule has 0 bridgehead atoms. The molecule has 0 spiro atoms. The van der Waals surface area contributed by atoms with E-state index in [1.165, 1.54) is 58.0 Å². The molecule has 0 aromatic carbocycles. The molecule has 1 aliphatic heterocycles. The Labute approximate surface area is 107 Å². The van der Waals surface area contributed by atoms with Crippen molar-refractivity contribution in [3.8, 4) is 0 Å². The smallest absolute Gasteiger partial charge is 0.0249 e. The highest BCUT2D eigenvalue weighted by atomic mass is 15.2. The molecule has 2 N–H and O–H groups in total. The zero-order chi connectivity index (χ0) is 12.3. The summed E-state index contributed by atoms with van der Waals surface area (Å²) >= 11 is 0. The van der Waals surface area contributed by atoms with Crippen molar-refractivity contribution in [2.45, 2.75) is 70.9 Å². The molecule has 2 nitrogen and oxygen atoms in total. The van der Waals surface area contributed by atoms with Crippen LogP contribution >= 0.6 is 0 Å². The molecule has 2 aliphatic rings. The lowest BCUT2D eigenvalue weighted by molar-refractivity contribution is 0.129. The Hall–Kier alpha value is -0.0800. The van der Waals surface area contributed by atoms with Gasteiger partial charge >= 0.3 is 0 Å². The molecule has 0 radical (unpaired) electrons. The van der Waals surface area contributed by atoms with E-state index in [0.29, 0.717) is 12.1 Å². The summed E-state index contributed by atoms with van der Waals surface area (Å²) in [6.45, 7) is 7.27. The normalized spacial score (nSPS) is 39.7. The monoisotopic (exact) mass is 238 g/mol. The van der Waals surface area contributed by atoms with Crippen LogP contribution in [0.3, 0.4) is 0 Å². The molecule has 1 aliphatic carbocycles. The molecule has 2 fully saturated rings. The Balaban J connectivity index is 1.88. The van der Waals surface area contributed by atoms with E-state index in [4.69, 9.17) is 5.73 Å². The molecular weight excluding hydrogens is 208 g/mol. The fraction of sp³-hybridized carbons (Fsp3) is 1.00. The van der Waals surface area contributed by atoms with Crippen molar-refractivity contribution in [3.63, 3.8) is 0 Å². The van der Waals surface area contributed by atoms with Gasteiger partial charge in [0.1, 0.15) is 0 Å². The first-order chi connectivity index (χ1) is 8.24. The van der Waals surface area contributed by atoms with Gasteiger partial charge in [0.15, 0.2) is 0 Å². The second kappa shape index (κ2) is 6.19. The van der Waals surface area contributed by atoms with Gasteiger partial charge in [-0.05, 0) is 50.5 Å². The molecule has 0 aromatic rings. The molecule has 2 rings (SSSR count). The minimum atomic E-state index is 0.443. The second-order valence-electron chi connectivity index (χ2n) is 6.26. The van der Waals surface area contributed by atoms with Crippen molar-refractivity contribution in [3.05, 3.63) is 0 Å². The average molecular weight is 238 g/mol. The van der Waals surface area contributed by atoms with Crippen LogP contribution in [0.5, 0.6) is 0 Å². The van der Waals surface area contributed by atoms with Crippen LogP contribution in [-0.2, 0) is 0 Å². The van der Waals surface area contributed by atoms with Crippen molar-refractivity contribution in [2.24, 2.45) is 17.6 Å². The molecule has 4 unspecified atom stereocenters. The summed E-state index contributed by atoms with van der Waals surface area (Å²) in [7, 11) is 0. The van der Waals surface area contributed by atoms with Crippen molar-refractivity contribution < 1.29 is 0 Å². The molecule has 2 heteroatoms. The Bertz CT molecular complexity index is 229. The lowest BCUT2D eigenvalue weighted by Crippen LogP contribution is -2.50. The second-order valence-corrected chi connectivity index (χ2v) is 6.26. The minimum Gasteiger partial charge on any atom is -0.326 e. The van der Waals surface area contributed by atoms with Gasteiger partial charge in [-0.3, -0.25) is 4.90 Å². The van der Waals surface area contributed by atoms with Gasteiger partial charge in [0, 0.05) is 18.6 Å². The largest absolute Gasteiger partial charge is 0.326 e. The van der Waals surface area contributed by atoms with E-state index >= 15 is 0 Å². The fourth-order valence-electron chi connectivity index (χ4n) is 3.85. The maximum atomic E-state index is 6.35. The van der Waals surface area contributed by atoms with Crippen LogP contribution in [-0.4, -0.2) is 30.1 Å². The van der Waals surface area contributed by atoms with Crippen LogP contribution in [0.15, 0.2) is 0 Å². The van der Waals surface area contributed by atoms with Crippen LogP contribution in [0.4, 0.5) is 0 Å². The van der Waals surface area contributed by atoms with Crippen LogP contribution in [0.25, 0.3) is 0 Å². The Morgan fingerprint density at radius 1 is 1.12 bits per heavy atom. The maximum absolute atomic E-state index is 6.35. The van der Waals surface area contributed by atoms with Gasteiger partial charge in [-0.25, -0.2) is 0 Å². The maximum Gasteiger partial charge on any atom is 0.0249 e. The van der Waals surface area contributed by atoms with Gasteiger partial charge in [-0.15, -0.1) is 0 Å². The summed E-state index contributed by atoms with van der Waals surface area (Å²) in [5, 5.41) is 0. The van der Waals surface area contributed by atoms with E-state index in [1.807, 2.05) is 0 Å². The van der Waals surface area contributed by atoms with Gasteiger partial charge in [0.05, 0.1) is 0 Å². The lowest BCUT2D eigenvalue weighted by atomic mass is 9.81. The zero-order valence-corrected chi connectivity index (χ0v) is 11.7. The highest BCUT2D eigenvalue weighted by molar-refractivity contribution is 4.92. The molecule has 100 valence electrons. The number of rotatable bonds is 4. The third-order valence-corrected chi connectivity index (χ3v) is 5.04. The summed E-state index contributed by atoms with van der Waals surface area (Å²) in [4.78, 5) is 2.72. The number of hydrogen-bond donors (Lipinski definition) is 1. The molecule has 4 atom stereocenters. The molecule has 1 heterocycles. The third-order valence-electron chi connectivity index (χ3n) is 5.04. The van der Waals surface area contributed by atoms with E-state index in [0.717, 1.165) is 11.8 Å². The van der Waals surface area contributed by atoms with Crippen molar-refractivity contribution in [1.82, 2.24) is 4.90 Å². The quantitative estimate of drug-likeness (QED) is 0.816. The van der Waals surface area contributed by atoms with E-state index in [2.05, 4.69) is 18.7 Å². The first kappa shape index (κ1) is 13.4. The highest BCUT2D eigenvalue weighted by Gasteiger charge is 2.35. The first-order valence-corrected chi connectivity index (χ1v) is 7.74. The van der Waals surface area contributed by atoms with Gasteiger partial charge in [-0.1, -0.05) is 26.7 Å². The van der Waals surface area contributed by atoms with Crippen molar-refractivity contribution >= 4 is 0 Å². The van der Waals surface area contributed by atoms with Gasteiger partial charge in [0.25, 0.3) is 0 Å². The number of likely N-dealkylation sites (tertiary alicyclic amines) is 1. The molecule has 0 aromatic heterocycles. The Morgan fingerprint density at radius 2 is 1.94 bits per heavy atom. The topological polar surface area (TPSA) is 29.3 Å². The van der Waals surface area contributed by atoms with Crippen LogP contribution < -0.4 is 5.73 Å². The van der Waals surface area contributed by atoms with Crippen LogP contribution in [0.1, 0.15) is 58.8 Å². The molecular formula is C15H30N2. The van der Waals surface area contributed by atoms with Crippen LogP contribution in [0.2, 0.25) is 0 Å². The SMILES string of the molecule is CCCC1CCN(C2CC(CC)CCC2N)C1. The summed E-state index contributed by atoms with van der Waals surface area (Å²) in [6.07, 6.45) is 9.47.